The van der Waals surface area contributed by atoms with Gasteiger partial charge in [-0.15, -0.1) is 0 Å². The second-order valence-electron chi connectivity index (χ2n) is 0.679. The number of isocyanates is 1. The van der Waals surface area contributed by atoms with E-state index in [1.54, 1.807) is 5.43 Å². The number of hydrogen-bond donors (Lipinski definition) is 2. The van der Waals surface area contributed by atoms with Crippen molar-refractivity contribution < 1.29 is 9.59 Å². The van der Waals surface area contributed by atoms with Crippen LogP contribution < -0.4 is 11.2 Å². The van der Waals surface area contributed by atoms with Gasteiger partial charge in [-0.3, -0.25) is 0 Å². The number of hydrogen-bond acceptors (Lipinski definition) is 3. The van der Waals surface area contributed by atoms with Crippen molar-refractivity contribution in [3.8, 4) is 0 Å². The summed E-state index contributed by atoms with van der Waals surface area (Å²) in [6.07, 6.45) is 1.06. The molecule has 0 atom stereocenters. The Kier molecular flexibility index (Phi) is 2.31. The smallest absolute Gasteiger partial charge is 0.333 e. The minimum atomic E-state index is -0.872. The van der Waals surface area contributed by atoms with E-state index >= 15 is 0 Å². The van der Waals surface area contributed by atoms with Gasteiger partial charge >= 0.3 is 6.03 Å². The van der Waals surface area contributed by atoms with Gasteiger partial charge in [-0.1, -0.05) is 5.10 Å². The van der Waals surface area contributed by atoms with Crippen molar-refractivity contribution >= 4 is 12.1 Å². The van der Waals surface area contributed by atoms with Gasteiger partial charge in [-0.25, -0.2) is 15.0 Å². The van der Waals surface area contributed by atoms with E-state index in [2.05, 4.69) is 10.8 Å². The Morgan fingerprint density at radius 1 is 1.86 bits per heavy atom. The molecule has 5 heteroatoms. The fraction of sp³-hybridized carbons (Fsp3) is 0. The van der Waals surface area contributed by atoms with Crippen LogP contribution in [0.5, 0.6) is 0 Å². The van der Waals surface area contributed by atoms with Crippen molar-refractivity contribution in [2.45, 2.75) is 0 Å². The van der Waals surface area contributed by atoms with E-state index in [9.17, 15) is 4.79 Å². The number of primary amides is 1. The summed E-state index contributed by atoms with van der Waals surface area (Å²) in [5, 5.41) is 2.64. The quantitative estimate of drug-likeness (QED) is 0.250. The second-order valence-corrected chi connectivity index (χ2v) is 0.679. The predicted molar refractivity (Wildman–Crippen MR) is 20.8 cm³/mol. The van der Waals surface area contributed by atoms with Gasteiger partial charge in [-0.2, -0.15) is 0 Å². The molecule has 0 aliphatic rings. The molecule has 0 heterocycles. The lowest BCUT2D eigenvalue weighted by molar-refractivity contribution is 0.249. The van der Waals surface area contributed by atoms with Crippen LogP contribution in [0.1, 0.15) is 0 Å². The Hall–Kier alpha value is -1.35. The number of amides is 2. The van der Waals surface area contributed by atoms with Crippen LogP contribution in [0.4, 0.5) is 4.79 Å². The van der Waals surface area contributed by atoms with Crippen molar-refractivity contribution in [2.75, 3.05) is 0 Å². The first-order chi connectivity index (χ1) is 3.27. The Morgan fingerprint density at radius 3 is 2.57 bits per heavy atom. The Bertz CT molecular complexity index is 114. The monoisotopic (exact) mass is 101 g/mol. The van der Waals surface area contributed by atoms with E-state index in [-0.39, 0.29) is 0 Å². The minimum absolute atomic E-state index is 0.872. The molecule has 0 aliphatic heterocycles. The SMILES string of the molecule is NC(=O)NN=C=O. The zero-order valence-corrected chi connectivity index (χ0v) is 3.34. The molecule has 38 valence electrons. The van der Waals surface area contributed by atoms with E-state index in [1.165, 1.54) is 0 Å². The van der Waals surface area contributed by atoms with E-state index in [0.29, 0.717) is 0 Å². The summed E-state index contributed by atoms with van der Waals surface area (Å²) in [4.78, 5) is 18.7. The average molecular weight is 101 g/mol. The molecule has 0 aromatic heterocycles. The molecular formula is C2H3N3O2. The van der Waals surface area contributed by atoms with Crippen molar-refractivity contribution in [1.29, 1.82) is 0 Å². The summed E-state index contributed by atoms with van der Waals surface area (Å²) >= 11 is 0. The van der Waals surface area contributed by atoms with Gasteiger partial charge in [0.25, 0.3) is 6.08 Å². The Labute approximate surface area is 39.2 Å². The van der Waals surface area contributed by atoms with E-state index in [0.717, 1.165) is 6.08 Å². The van der Waals surface area contributed by atoms with Crippen LogP contribution in [-0.4, -0.2) is 12.1 Å². The summed E-state index contributed by atoms with van der Waals surface area (Å²) in [7, 11) is 0. The fourth-order valence-electron chi connectivity index (χ4n) is 0.0779. The number of carbonyl (C=O) groups is 1. The van der Waals surface area contributed by atoms with Crippen LogP contribution in [0.3, 0.4) is 0 Å². The van der Waals surface area contributed by atoms with Gasteiger partial charge in [0.1, 0.15) is 0 Å². The summed E-state index contributed by atoms with van der Waals surface area (Å²) in [6.45, 7) is 0. The highest BCUT2D eigenvalue weighted by Gasteiger charge is 1.79. The number of nitrogens with one attached hydrogen (secondary N) is 1. The van der Waals surface area contributed by atoms with Crippen LogP contribution in [0.2, 0.25) is 0 Å². The highest BCUT2D eigenvalue weighted by Crippen LogP contribution is 1.49. The maximum absolute atomic E-state index is 9.60. The molecule has 0 saturated heterocycles. The van der Waals surface area contributed by atoms with Crippen LogP contribution in [0.15, 0.2) is 5.10 Å². The Morgan fingerprint density at radius 2 is 2.43 bits per heavy atom. The minimum Gasteiger partial charge on any atom is -0.350 e. The van der Waals surface area contributed by atoms with E-state index in [4.69, 9.17) is 4.79 Å². The number of urea groups is 1. The third kappa shape index (κ3) is 4.65. The molecule has 5 nitrogen and oxygen atoms in total. The molecule has 2 amide bonds. The van der Waals surface area contributed by atoms with Crippen molar-refractivity contribution in [1.82, 2.24) is 5.43 Å². The van der Waals surface area contributed by atoms with E-state index in [1.807, 2.05) is 0 Å². The number of nitrogens with zero attached hydrogens (tertiary/aromatic N) is 1. The molecule has 7 heavy (non-hydrogen) atoms. The average Bonchev–Trinajstić information content (AvgIpc) is 1.61. The van der Waals surface area contributed by atoms with Crippen LogP contribution >= 0.6 is 0 Å². The van der Waals surface area contributed by atoms with Crippen molar-refractivity contribution in [3.63, 3.8) is 0 Å². The molecule has 0 aromatic carbocycles. The maximum Gasteiger partial charge on any atom is 0.333 e. The number of nitrogens with two attached hydrogens (primary N) is 1. The van der Waals surface area contributed by atoms with Crippen LogP contribution in [-0.2, 0) is 4.79 Å². The molecule has 0 unspecified atom stereocenters. The number of rotatable bonds is 1. The van der Waals surface area contributed by atoms with E-state index < -0.39 is 6.03 Å². The molecule has 3 N–H and O–H groups in total. The van der Waals surface area contributed by atoms with Crippen molar-refractivity contribution in [2.24, 2.45) is 10.8 Å². The zero-order chi connectivity index (χ0) is 5.70. The van der Waals surface area contributed by atoms with Gasteiger partial charge in [-0.05, 0) is 0 Å². The predicted octanol–water partition coefficient (Wildman–Crippen LogP) is -1.09. The fourth-order valence-corrected chi connectivity index (χ4v) is 0.0779. The number of hydrazone groups is 1. The van der Waals surface area contributed by atoms with Crippen molar-refractivity contribution in [3.05, 3.63) is 0 Å². The number of carbonyl (C=O) groups excluding carboxylic acids is 2. The highest BCUT2D eigenvalue weighted by atomic mass is 16.2. The maximum atomic E-state index is 9.60. The molecule has 0 saturated carbocycles. The summed E-state index contributed by atoms with van der Waals surface area (Å²) in [5.74, 6) is 0. The largest absolute Gasteiger partial charge is 0.350 e. The van der Waals surface area contributed by atoms with Gasteiger partial charge in [0.2, 0.25) is 0 Å². The van der Waals surface area contributed by atoms with Crippen LogP contribution in [0, 0.1) is 0 Å². The summed E-state index contributed by atoms with van der Waals surface area (Å²) in [6, 6.07) is -0.872. The molecular weight excluding hydrogens is 98.0 g/mol. The first-order valence-corrected chi connectivity index (χ1v) is 1.39. The van der Waals surface area contributed by atoms with Gasteiger partial charge in [0, 0.05) is 0 Å². The lowest BCUT2D eigenvalue weighted by Gasteiger charge is -1.80. The molecule has 0 aromatic rings. The second kappa shape index (κ2) is 2.87. The Balaban J connectivity index is 3.32. The molecule has 0 radical (unpaired) electrons. The highest BCUT2D eigenvalue weighted by molar-refractivity contribution is 5.71. The normalized spacial score (nSPS) is 6.29. The lowest BCUT2D eigenvalue weighted by atomic mass is 11.1. The standard InChI is InChI=1S/C2H3N3O2/c3-2(7)5-4-1-6/h(H3,3,5,7). The zero-order valence-electron chi connectivity index (χ0n) is 3.34. The molecule has 0 spiro atoms. The first-order valence-electron chi connectivity index (χ1n) is 1.39. The third-order valence-electron chi connectivity index (χ3n) is 0.212. The summed E-state index contributed by atoms with van der Waals surface area (Å²) in [5.41, 5.74) is 6.09. The molecule has 0 aliphatic carbocycles. The summed E-state index contributed by atoms with van der Waals surface area (Å²) < 4.78 is 0. The van der Waals surface area contributed by atoms with Gasteiger partial charge < -0.3 is 5.73 Å². The molecule has 0 rings (SSSR count). The molecule has 0 fully saturated rings. The van der Waals surface area contributed by atoms with Crippen LogP contribution in [0.25, 0.3) is 0 Å². The topological polar surface area (TPSA) is 84.6 Å². The lowest BCUT2D eigenvalue weighted by Crippen LogP contribution is -2.23. The van der Waals surface area contributed by atoms with Gasteiger partial charge in [0.15, 0.2) is 0 Å². The molecule has 0 bridgehead atoms. The van der Waals surface area contributed by atoms with Gasteiger partial charge in [0.05, 0.1) is 0 Å². The first kappa shape index (κ1) is 5.65. The third-order valence-corrected chi connectivity index (χ3v) is 0.212.